The molecule has 0 atom stereocenters. The maximum absolute atomic E-state index is 13.1. The molecule has 106 valence electrons. The number of aliphatic hydroxyl groups excluding tert-OH is 1. The molecule has 4 nitrogen and oxygen atoms in total. The quantitative estimate of drug-likeness (QED) is 0.881. The molecule has 2 rings (SSSR count). The number of anilines is 1. The van der Waals surface area contributed by atoms with Crippen LogP contribution in [0.5, 0.6) is 0 Å². The first kappa shape index (κ1) is 15.0. The summed E-state index contributed by atoms with van der Waals surface area (Å²) in [7, 11) is -3.87. The second-order valence-electron chi connectivity index (χ2n) is 4.04. The summed E-state index contributed by atoms with van der Waals surface area (Å²) in [6.07, 6.45) is 0. The molecule has 0 aliphatic heterocycles. The molecule has 0 fully saturated rings. The van der Waals surface area contributed by atoms with Crippen LogP contribution in [0.1, 0.15) is 5.56 Å². The molecule has 2 N–H and O–H groups in total. The van der Waals surface area contributed by atoms with Crippen molar-refractivity contribution in [2.24, 2.45) is 0 Å². The first-order valence-electron chi connectivity index (χ1n) is 5.60. The van der Waals surface area contributed by atoms with Crippen LogP contribution in [0.25, 0.3) is 0 Å². The molecule has 0 aliphatic rings. The Labute approximate surface area is 124 Å². The SMILES string of the molecule is O=S(=O)(Nc1cccc(F)c1)c1cc(CO)ccc1Br. The summed E-state index contributed by atoms with van der Waals surface area (Å²) in [4.78, 5) is -0.0201. The zero-order valence-corrected chi connectivity index (χ0v) is 12.6. The Morgan fingerprint density at radius 2 is 1.95 bits per heavy atom. The molecule has 2 aromatic rings. The minimum Gasteiger partial charge on any atom is -0.392 e. The van der Waals surface area contributed by atoms with Gasteiger partial charge in [-0.3, -0.25) is 4.72 Å². The average molecular weight is 360 g/mol. The van der Waals surface area contributed by atoms with Crippen LogP contribution in [0.15, 0.2) is 51.8 Å². The van der Waals surface area contributed by atoms with Gasteiger partial charge in [0, 0.05) is 4.47 Å². The predicted octanol–water partition coefficient (Wildman–Crippen LogP) is 2.88. The lowest BCUT2D eigenvalue weighted by atomic mass is 10.2. The number of halogens is 2. The van der Waals surface area contributed by atoms with Crippen LogP contribution < -0.4 is 4.72 Å². The zero-order chi connectivity index (χ0) is 14.8. The number of sulfonamides is 1. The van der Waals surface area contributed by atoms with Crippen molar-refractivity contribution in [2.75, 3.05) is 4.72 Å². The van der Waals surface area contributed by atoms with Gasteiger partial charge in [0.25, 0.3) is 10.0 Å². The highest BCUT2D eigenvalue weighted by molar-refractivity contribution is 9.10. The first-order valence-corrected chi connectivity index (χ1v) is 7.87. The van der Waals surface area contributed by atoms with Gasteiger partial charge in [0.05, 0.1) is 12.3 Å². The maximum atomic E-state index is 13.1. The molecule has 0 aliphatic carbocycles. The van der Waals surface area contributed by atoms with E-state index in [0.29, 0.717) is 10.0 Å². The molecule has 0 bridgehead atoms. The van der Waals surface area contributed by atoms with Crippen LogP contribution in [0.3, 0.4) is 0 Å². The van der Waals surface area contributed by atoms with Crippen molar-refractivity contribution in [1.29, 1.82) is 0 Å². The first-order chi connectivity index (χ1) is 9.42. The molecule has 0 amide bonds. The number of benzene rings is 2. The van der Waals surface area contributed by atoms with E-state index in [4.69, 9.17) is 5.11 Å². The van der Waals surface area contributed by atoms with Gasteiger partial charge >= 0.3 is 0 Å². The lowest BCUT2D eigenvalue weighted by Crippen LogP contribution is -2.14. The molecule has 0 spiro atoms. The summed E-state index contributed by atoms with van der Waals surface area (Å²) in [5.74, 6) is -0.534. The van der Waals surface area contributed by atoms with Gasteiger partial charge in [-0.25, -0.2) is 12.8 Å². The van der Waals surface area contributed by atoms with Gasteiger partial charge in [0.1, 0.15) is 10.7 Å². The fourth-order valence-electron chi connectivity index (χ4n) is 1.61. The molecule has 0 aromatic heterocycles. The molecule has 0 radical (unpaired) electrons. The van der Waals surface area contributed by atoms with Gasteiger partial charge in [-0.15, -0.1) is 0 Å². The van der Waals surface area contributed by atoms with E-state index in [1.165, 1.54) is 30.3 Å². The number of hydrogen-bond donors (Lipinski definition) is 2. The lowest BCUT2D eigenvalue weighted by Gasteiger charge is -2.10. The Kier molecular flexibility index (Phi) is 4.42. The molecular formula is C13H11BrFNO3S. The second kappa shape index (κ2) is 5.90. The summed E-state index contributed by atoms with van der Waals surface area (Å²) in [5, 5.41) is 9.06. The number of nitrogens with one attached hydrogen (secondary N) is 1. The van der Waals surface area contributed by atoms with Gasteiger partial charge in [-0.2, -0.15) is 0 Å². The van der Waals surface area contributed by atoms with Gasteiger partial charge in [-0.05, 0) is 51.8 Å². The Morgan fingerprint density at radius 3 is 2.60 bits per heavy atom. The van der Waals surface area contributed by atoms with Crippen LogP contribution in [0, 0.1) is 5.82 Å². The highest BCUT2D eigenvalue weighted by atomic mass is 79.9. The van der Waals surface area contributed by atoms with Crippen molar-refractivity contribution in [1.82, 2.24) is 0 Å². The van der Waals surface area contributed by atoms with E-state index in [1.807, 2.05) is 0 Å². The second-order valence-corrected chi connectivity index (χ2v) is 6.54. The standard InChI is InChI=1S/C13H11BrFNO3S/c14-12-5-4-9(8-17)6-13(12)20(18,19)16-11-3-1-2-10(15)7-11/h1-7,16-17H,8H2. The van der Waals surface area contributed by atoms with E-state index in [2.05, 4.69) is 20.7 Å². The van der Waals surface area contributed by atoms with E-state index < -0.39 is 15.8 Å². The van der Waals surface area contributed by atoms with Crippen LogP contribution in [0.4, 0.5) is 10.1 Å². The van der Waals surface area contributed by atoms with Crippen molar-refractivity contribution >= 4 is 31.6 Å². The molecular weight excluding hydrogens is 349 g/mol. The smallest absolute Gasteiger partial charge is 0.263 e. The van der Waals surface area contributed by atoms with Crippen molar-refractivity contribution in [3.05, 3.63) is 58.3 Å². The highest BCUT2D eigenvalue weighted by Gasteiger charge is 2.18. The van der Waals surface area contributed by atoms with E-state index in [9.17, 15) is 12.8 Å². The van der Waals surface area contributed by atoms with Crippen molar-refractivity contribution in [3.8, 4) is 0 Å². The van der Waals surface area contributed by atoms with Crippen LogP contribution in [-0.2, 0) is 16.6 Å². The van der Waals surface area contributed by atoms with Crippen molar-refractivity contribution in [2.45, 2.75) is 11.5 Å². The Morgan fingerprint density at radius 1 is 1.20 bits per heavy atom. The topological polar surface area (TPSA) is 66.4 Å². The average Bonchev–Trinajstić information content (AvgIpc) is 2.38. The van der Waals surface area contributed by atoms with Crippen LogP contribution in [0.2, 0.25) is 0 Å². The largest absolute Gasteiger partial charge is 0.392 e. The van der Waals surface area contributed by atoms with E-state index in [0.717, 1.165) is 6.07 Å². The van der Waals surface area contributed by atoms with Crippen molar-refractivity contribution < 1.29 is 17.9 Å². The highest BCUT2D eigenvalue weighted by Crippen LogP contribution is 2.25. The fraction of sp³-hybridized carbons (Fsp3) is 0.0769. The summed E-state index contributed by atoms with van der Waals surface area (Å²) >= 11 is 3.15. The molecule has 0 heterocycles. The van der Waals surface area contributed by atoms with E-state index in [-0.39, 0.29) is 17.2 Å². The zero-order valence-electron chi connectivity index (χ0n) is 10.2. The number of aliphatic hydroxyl groups is 1. The van der Waals surface area contributed by atoms with Gasteiger partial charge in [0.15, 0.2) is 0 Å². The third-order valence-corrected chi connectivity index (χ3v) is 4.92. The molecule has 0 unspecified atom stereocenters. The summed E-state index contributed by atoms with van der Waals surface area (Å²) < 4.78 is 40.2. The Balaban J connectivity index is 2.40. The molecule has 20 heavy (non-hydrogen) atoms. The number of rotatable bonds is 4. The lowest BCUT2D eigenvalue weighted by molar-refractivity contribution is 0.281. The monoisotopic (exact) mass is 359 g/mol. The predicted molar refractivity (Wildman–Crippen MR) is 77.3 cm³/mol. The van der Waals surface area contributed by atoms with Crippen LogP contribution in [-0.4, -0.2) is 13.5 Å². The van der Waals surface area contributed by atoms with Gasteiger partial charge in [0.2, 0.25) is 0 Å². The summed E-state index contributed by atoms with van der Waals surface area (Å²) in [5.41, 5.74) is 0.596. The van der Waals surface area contributed by atoms with E-state index >= 15 is 0 Å². The summed E-state index contributed by atoms with van der Waals surface area (Å²) in [6, 6.07) is 9.65. The normalized spacial score (nSPS) is 11.3. The molecule has 7 heteroatoms. The minimum atomic E-state index is -3.87. The van der Waals surface area contributed by atoms with Gasteiger partial charge < -0.3 is 5.11 Å². The fourth-order valence-corrected chi connectivity index (χ4v) is 3.68. The van der Waals surface area contributed by atoms with Crippen molar-refractivity contribution in [3.63, 3.8) is 0 Å². The Bertz CT molecular complexity index is 734. The maximum Gasteiger partial charge on any atom is 0.263 e. The molecule has 0 saturated carbocycles. The number of hydrogen-bond acceptors (Lipinski definition) is 3. The third-order valence-electron chi connectivity index (χ3n) is 2.54. The van der Waals surface area contributed by atoms with Crippen LogP contribution >= 0.6 is 15.9 Å². The molecule has 0 saturated heterocycles. The Hall–Kier alpha value is -1.44. The van der Waals surface area contributed by atoms with Gasteiger partial charge in [-0.1, -0.05) is 12.1 Å². The van der Waals surface area contributed by atoms with E-state index in [1.54, 1.807) is 6.07 Å². The third kappa shape index (κ3) is 3.36. The molecule has 2 aromatic carbocycles. The summed E-state index contributed by atoms with van der Waals surface area (Å²) in [6.45, 7) is -0.268. The minimum absolute atomic E-state index is 0.0201.